The van der Waals surface area contributed by atoms with Gasteiger partial charge in [0.1, 0.15) is 0 Å². The number of aryl methyl sites for hydroxylation is 1. The van der Waals surface area contributed by atoms with Gasteiger partial charge in [0, 0.05) is 16.0 Å². The predicted molar refractivity (Wildman–Crippen MR) is 115 cm³/mol. The third-order valence-electron chi connectivity index (χ3n) is 5.02. The van der Waals surface area contributed by atoms with Crippen LogP contribution in [0.4, 0.5) is 0 Å². The van der Waals surface area contributed by atoms with E-state index < -0.39 is 0 Å². The first-order chi connectivity index (χ1) is 14.1. The van der Waals surface area contributed by atoms with Gasteiger partial charge >= 0.3 is 5.69 Å². The first kappa shape index (κ1) is 17.6. The zero-order valence-corrected chi connectivity index (χ0v) is 16.5. The number of hydrogen-bond acceptors (Lipinski definition) is 3. The van der Waals surface area contributed by atoms with Gasteiger partial charge in [-0.25, -0.2) is 9.78 Å². The van der Waals surface area contributed by atoms with E-state index in [0.29, 0.717) is 23.0 Å². The van der Waals surface area contributed by atoms with E-state index in [1.165, 1.54) is 4.52 Å². The Morgan fingerprint density at radius 2 is 1.66 bits per heavy atom. The number of benzene rings is 3. The lowest BCUT2D eigenvalue weighted by Gasteiger charge is -2.11. The number of fused-ring (bicyclic) bond motifs is 3. The average molecular weight is 401 g/mol. The van der Waals surface area contributed by atoms with Crippen molar-refractivity contribution in [2.45, 2.75) is 13.5 Å². The van der Waals surface area contributed by atoms with Crippen LogP contribution < -0.4 is 5.69 Å². The molecule has 0 aliphatic heterocycles. The summed E-state index contributed by atoms with van der Waals surface area (Å²) >= 11 is 6.00. The Morgan fingerprint density at radius 1 is 0.931 bits per heavy atom. The molecule has 2 heterocycles. The highest BCUT2D eigenvalue weighted by Crippen LogP contribution is 2.22. The molecule has 2 aromatic heterocycles. The SMILES string of the molecule is Cc1ccc(-c2nc3c4ccccc4n(Cc4ccc(Cl)cc4)c(=O)n3n2)cc1. The molecule has 5 rings (SSSR count). The molecule has 5 nitrogen and oxygen atoms in total. The zero-order chi connectivity index (χ0) is 20.0. The van der Waals surface area contributed by atoms with Gasteiger partial charge in [0.2, 0.25) is 0 Å². The summed E-state index contributed by atoms with van der Waals surface area (Å²) in [7, 11) is 0. The fraction of sp³-hybridized carbons (Fsp3) is 0.0870. The lowest BCUT2D eigenvalue weighted by molar-refractivity contribution is 0.716. The number of halogens is 1. The Bertz CT molecular complexity index is 1400. The van der Waals surface area contributed by atoms with Gasteiger partial charge in [-0.1, -0.05) is 65.7 Å². The van der Waals surface area contributed by atoms with E-state index >= 15 is 0 Å². The molecule has 6 heteroatoms. The third-order valence-corrected chi connectivity index (χ3v) is 5.27. The van der Waals surface area contributed by atoms with Crippen LogP contribution in [-0.4, -0.2) is 19.2 Å². The smallest absolute Gasteiger partial charge is 0.287 e. The second kappa shape index (κ2) is 6.87. The second-order valence-corrected chi connectivity index (χ2v) is 7.49. The Labute approximate surface area is 171 Å². The van der Waals surface area contributed by atoms with E-state index in [9.17, 15) is 4.79 Å². The van der Waals surface area contributed by atoms with Crippen LogP contribution in [0.5, 0.6) is 0 Å². The van der Waals surface area contributed by atoms with Crippen molar-refractivity contribution >= 4 is 28.2 Å². The Hall–Kier alpha value is -3.44. The van der Waals surface area contributed by atoms with Crippen LogP contribution in [-0.2, 0) is 6.54 Å². The van der Waals surface area contributed by atoms with E-state index in [4.69, 9.17) is 11.6 Å². The van der Waals surface area contributed by atoms with E-state index in [1.807, 2.05) is 79.7 Å². The van der Waals surface area contributed by atoms with Gasteiger partial charge in [0.15, 0.2) is 11.5 Å². The molecule has 0 amide bonds. The monoisotopic (exact) mass is 400 g/mol. The molecule has 3 aromatic carbocycles. The van der Waals surface area contributed by atoms with E-state index in [-0.39, 0.29) is 5.69 Å². The van der Waals surface area contributed by atoms with Gasteiger partial charge < -0.3 is 0 Å². The van der Waals surface area contributed by atoms with Crippen LogP contribution in [0, 0.1) is 6.92 Å². The van der Waals surface area contributed by atoms with Crippen LogP contribution in [0.25, 0.3) is 27.9 Å². The summed E-state index contributed by atoms with van der Waals surface area (Å²) < 4.78 is 3.12. The lowest BCUT2D eigenvalue weighted by Crippen LogP contribution is -2.28. The minimum atomic E-state index is -0.223. The van der Waals surface area contributed by atoms with Crippen molar-refractivity contribution in [3.05, 3.63) is 99.4 Å². The fourth-order valence-corrected chi connectivity index (χ4v) is 3.61. The maximum absolute atomic E-state index is 13.3. The molecule has 5 aromatic rings. The molecule has 0 N–H and O–H groups in total. The molecular formula is C23H17ClN4O. The van der Waals surface area contributed by atoms with Gasteiger partial charge in [0.25, 0.3) is 0 Å². The van der Waals surface area contributed by atoms with Crippen molar-refractivity contribution in [1.82, 2.24) is 19.2 Å². The van der Waals surface area contributed by atoms with Gasteiger partial charge in [-0.15, -0.1) is 5.10 Å². The molecule has 29 heavy (non-hydrogen) atoms. The largest absolute Gasteiger partial charge is 0.351 e. The number of aromatic nitrogens is 4. The van der Waals surface area contributed by atoms with Crippen molar-refractivity contribution in [3.8, 4) is 11.4 Å². The van der Waals surface area contributed by atoms with Crippen LogP contribution in [0.15, 0.2) is 77.6 Å². The summed E-state index contributed by atoms with van der Waals surface area (Å²) in [6, 6.07) is 23.2. The van der Waals surface area contributed by atoms with Crippen molar-refractivity contribution in [2.75, 3.05) is 0 Å². The maximum Gasteiger partial charge on any atom is 0.351 e. The molecule has 0 fully saturated rings. The molecule has 0 aliphatic rings. The summed E-state index contributed by atoms with van der Waals surface area (Å²) in [6.07, 6.45) is 0. The molecule has 0 saturated carbocycles. The fourth-order valence-electron chi connectivity index (χ4n) is 3.49. The van der Waals surface area contributed by atoms with Gasteiger partial charge in [-0.05, 0) is 36.8 Å². The predicted octanol–water partition coefficient (Wildman–Crippen LogP) is 4.72. The van der Waals surface area contributed by atoms with Crippen molar-refractivity contribution in [1.29, 1.82) is 0 Å². The molecule has 0 saturated heterocycles. The Balaban J connectivity index is 1.74. The lowest BCUT2D eigenvalue weighted by atomic mass is 10.1. The number of para-hydroxylation sites is 1. The molecule has 0 spiro atoms. The Morgan fingerprint density at radius 3 is 2.41 bits per heavy atom. The highest BCUT2D eigenvalue weighted by Gasteiger charge is 2.16. The summed E-state index contributed by atoms with van der Waals surface area (Å²) in [4.78, 5) is 18.0. The summed E-state index contributed by atoms with van der Waals surface area (Å²) in [5.41, 5.74) is 4.19. The van der Waals surface area contributed by atoms with Crippen molar-refractivity contribution in [3.63, 3.8) is 0 Å². The van der Waals surface area contributed by atoms with Gasteiger partial charge in [-0.2, -0.15) is 4.52 Å². The summed E-state index contributed by atoms with van der Waals surface area (Å²) in [6.45, 7) is 2.45. The molecule has 0 radical (unpaired) electrons. The number of nitrogens with zero attached hydrogens (tertiary/aromatic N) is 4. The quantitative estimate of drug-likeness (QED) is 0.440. The molecule has 0 unspecified atom stereocenters. The summed E-state index contributed by atoms with van der Waals surface area (Å²) in [5, 5.41) is 6.08. The zero-order valence-electron chi connectivity index (χ0n) is 15.7. The standard InChI is InChI=1S/C23H17ClN4O/c1-15-6-10-17(11-7-15)21-25-22-19-4-2-3-5-20(19)27(23(29)28(22)26-21)14-16-8-12-18(24)13-9-16/h2-13H,14H2,1H3. The summed E-state index contributed by atoms with van der Waals surface area (Å²) in [5.74, 6) is 0.538. The van der Waals surface area contributed by atoms with E-state index in [0.717, 1.165) is 27.6 Å². The molecule has 142 valence electrons. The maximum atomic E-state index is 13.3. The molecule has 0 bridgehead atoms. The highest BCUT2D eigenvalue weighted by atomic mass is 35.5. The van der Waals surface area contributed by atoms with E-state index in [1.54, 1.807) is 4.57 Å². The van der Waals surface area contributed by atoms with Crippen LogP contribution in [0.3, 0.4) is 0 Å². The first-order valence-corrected chi connectivity index (χ1v) is 9.68. The minimum Gasteiger partial charge on any atom is -0.287 e. The van der Waals surface area contributed by atoms with Crippen molar-refractivity contribution in [2.24, 2.45) is 0 Å². The number of hydrogen-bond donors (Lipinski definition) is 0. The number of rotatable bonds is 3. The first-order valence-electron chi connectivity index (χ1n) is 9.30. The van der Waals surface area contributed by atoms with Gasteiger partial charge in [0.05, 0.1) is 12.1 Å². The van der Waals surface area contributed by atoms with Crippen LogP contribution in [0.1, 0.15) is 11.1 Å². The normalized spacial score (nSPS) is 11.4. The highest BCUT2D eigenvalue weighted by molar-refractivity contribution is 6.30. The van der Waals surface area contributed by atoms with Crippen LogP contribution >= 0.6 is 11.6 Å². The molecular weight excluding hydrogens is 384 g/mol. The van der Waals surface area contributed by atoms with Crippen LogP contribution in [0.2, 0.25) is 5.02 Å². The minimum absolute atomic E-state index is 0.223. The Kier molecular flexibility index (Phi) is 4.18. The molecule has 0 aliphatic carbocycles. The second-order valence-electron chi connectivity index (χ2n) is 7.05. The topological polar surface area (TPSA) is 52.2 Å². The average Bonchev–Trinajstić information content (AvgIpc) is 3.19. The van der Waals surface area contributed by atoms with E-state index in [2.05, 4.69) is 10.1 Å². The van der Waals surface area contributed by atoms with Gasteiger partial charge in [-0.3, -0.25) is 4.57 Å². The van der Waals surface area contributed by atoms with Crippen molar-refractivity contribution < 1.29 is 0 Å². The third kappa shape index (κ3) is 3.09. The molecule has 0 atom stereocenters.